The second kappa shape index (κ2) is 8.45. The summed E-state index contributed by atoms with van der Waals surface area (Å²) in [5.41, 5.74) is 6.60. The number of morpholine rings is 1. The molecule has 6 rings (SSSR count). The average Bonchev–Trinajstić information content (AvgIpc) is 3.16. The van der Waals surface area contributed by atoms with Gasteiger partial charge in [0.2, 0.25) is 0 Å². The monoisotopic (exact) mass is 490 g/mol. The molecule has 7 nitrogen and oxygen atoms in total. The van der Waals surface area contributed by atoms with E-state index in [9.17, 15) is 13.2 Å². The lowest BCUT2D eigenvalue weighted by Crippen LogP contribution is -2.59. The molecule has 2 saturated heterocycles. The molecule has 5 atom stereocenters. The van der Waals surface area contributed by atoms with E-state index in [1.165, 1.54) is 19.0 Å². The number of alkyl halides is 3. The van der Waals surface area contributed by atoms with Gasteiger partial charge in [0, 0.05) is 67.7 Å². The fourth-order valence-corrected chi connectivity index (χ4v) is 6.71. The van der Waals surface area contributed by atoms with E-state index < -0.39 is 17.6 Å². The van der Waals surface area contributed by atoms with Gasteiger partial charge >= 0.3 is 6.18 Å². The minimum atomic E-state index is -4.55. The van der Waals surface area contributed by atoms with Crippen LogP contribution >= 0.6 is 0 Å². The van der Waals surface area contributed by atoms with Crippen LogP contribution in [0.25, 0.3) is 11.3 Å². The zero-order valence-electron chi connectivity index (χ0n) is 20.2. The van der Waals surface area contributed by atoms with Crippen molar-refractivity contribution in [2.24, 2.45) is 11.8 Å². The fraction of sp³-hybridized carbons (Fsp3) is 0.680. The summed E-state index contributed by atoms with van der Waals surface area (Å²) < 4.78 is 47.8. The van der Waals surface area contributed by atoms with Crippen LogP contribution in [0.5, 0.6) is 0 Å². The van der Waals surface area contributed by atoms with Gasteiger partial charge in [-0.05, 0) is 50.7 Å². The van der Waals surface area contributed by atoms with Gasteiger partial charge in [0.15, 0.2) is 0 Å². The van der Waals surface area contributed by atoms with E-state index in [0.29, 0.717) is 41.1 Å². The standard InChI is InChI=1S/C25H33F3N6O/c1-14(2)34-22(10-21(31-34)15-7-20(25(26,27)28)24(29)30-11-15)23-18-8-16(9-19(18)23)33-4-3-32-5-6-35-13-17(32)12-33/h7,10-11,14,16-19,23H,3-6,8-9,12-13H2,1-2H3,(H2,29,30)/t16?,17?,18-,19+,23?. The molecule has 3 unspecified atom stereocenters. The molecule has 0 radical (unpaired) electrons. The smallest absolute Gasteiger partial charge is 0.383 e. The van der Waals surface area contributed by atoms with Crippen LogP contribution in [0.15, 0.2) is 18.3 Å². The molecular formula is C25H33F3N6O. The normalized spacial score (nSPS) is 31.5. The van der Waals surface area contributed by atoms with Crippen LogP contribution in [0.1, 0.15) is 49.9 Å². The number of hydrogen-bond donors (Lipinski definition) is 1. The lowest BCUT2D eigenvalue weighted by atomic mass is 10.0. The first-order valence-electron chi connectivity index (χ1n) is 12.7. The van der Waals surface area contributed by atoms with Crippen LogP contribution in [0, 0.1) is 11.8 Å². The molecule has 0 bridgehead atoms. The first-order chi connectivity index (χ1) is 16.7. The Balaban J connectivity index is 1.18. The summed E-state index contributed by atoms with van der Waals surface area (Å²) in [6.45, 7) is 10.2. The first-order valence-corrected chi connectivity index (χ1v) is 12.7. The molecule has 190 valence electrons. The Kier molecular flexibility index (Phi) is 5.61. The van der Waals surface area contributed by atoms with Gasteiger partial charge in [-0.3, -0.25) is 14.5 Å². The topological polar surface area (TPSA) is 72.4 Å². The van der Waals surface area contributed by atoms with Gasteiger partial charge in [0.25, 0.3) is 0 Å². The van der Waals surface area contributed by atoms with E-state index in [1.807, 2.05) is 10.7 Å². The maximum absolute atomic E-state index is 13.4. The van der Waals surface area contributed by atoms with Gasteiger partial charge in [-0.1, -0.05) is 0 Å². The number of anilines is 1. The molecule has 4 fully saturated rings. The number of halogens is 3. The van der Waals surface area contributed by atoms with Crippen LogP contribution in [0.2, 0.25) is 0 Å². The van der Waals surface area contributed by atoms with Crippen LogP contribution in [-0.2, 0) is 10.9 Å². The third-order valence-corrected chi connectivity index (χ3v) is 8.52. The highest BCUT2D eigenvalue weighted by molar-refractivity contribution is 5.63. The van der Waals surface area contributed by atoms with E-state index in [2.05, 4.69) is 28.6 Å². The molecule has 2 aromatic rings. The molecule has 2 N–H and O–H groups in total. The minimum absolute atomic E-state index is 0.124. The van der Waals surface area contributed by atoms with Gasteiger partial charge in [-0.25, -0.2) is 4.98 Å². The Morgan fingerprint density at radius 2 is 1.80 bits per heavy atom. The van der Waals surface area contributed by atoms with Crippen molar-refractivity contribution >= 4 is 5.82 Å². The largest absolute Gasteiger partial charge is 0.419 e. The highest BCUT2D eigenvalue weighted by Gasteiger charge is 2.59. The fourth-order valence-electron chi connectivity index (χ4n) is 6.71. The van der Waals surface area contributed by atoms with Gasteiger partial charge < -0.3 is 10.5 Å². The maximum atomic E-state index is 13.4. The van der Waals surface area contributed by atoms with Crippen molar-refractivity contribution < 1.29 is 17.9 Å². The van der Waals surface area contributed by atoms with Crippen molar-refractivity contribution in [1.29, 1.82) is 0 Å². The molecule has 0 aromatic carbocycles. The summed E-state index contributed by atoms with van der Waals surface area (Å²) in [7, 11) is 0. The Morgan fingerprint density at radius 3 is 2.51 bits per heavy atom. The molecule has 4 heterocycles. The number of piperazine rings is 1. The van der Waals surface area contributed by atoms with Gasteiger partial charge in [0.05, 0.1) is 24.5 Å². The molecule has 0 amide bonds. The molecule has 35 heavy (non-hydrogen) atoms. The molecular weight excluding hydrogens is 457 g/mol. The third kappa shape index (κ3) is 4.13. The number of pyridine rings is 1. The van der Waals surface area contributed by atoms with Gasteiger partial charge in [0.1, 0.15) is 5.82 Å². The van der Waals surface area contributed by atoms with E-state index in [4.69, 9.17) is 15.6 Å². The van der Waals surface area contributed by atoms with Crippen molar-refractivity contribution in [3.05, 3.63) is 29.6 Å². The zero-order chi connectivity index (χ0) is 24.5. The van der Waals surface area contributed by atoms with Crippen LogP contribution < -0.4 is 5.73 Å². The van der Waals surface area contributed by atoms with Gasteiger partial charge in [-0.15, -0.1) is 0 Å². The second-order valence-electron chi connectivity index (χ2n) is 10.9. The van der Waals surface area contributed by atoms with E-state index >= 15 is 0 Å². The highest BCUT2D eigenvalue weighted by Crippen LogP contribution is 2.64. The highest BCUT2D eigenvalue weighted by atomic mass is 19.4. The lowest BCUT2D eigenvalue weighted by Gasteiger charge is -2.46. The molecule has 2 saturated carbocycles. The summed E-state index contributed by atoms with van der Waals surface area (Å²) in [5, 5.41) is 4.71. The average molecular weight is 491 g/mol. The number of nitrogens with two attached hydrogens (primary N) is 1. The molecule has 0 spiro atoms. The molecule has 2 aliphatic carbocycles. The zero-order valence-corrected chi connectivity index (χ0v) is 20.2. The summed E-state index contributed by atoms with van der Waals surface area (Å²) >= 11 is 0. The second-order valence-corrected chi connectivity index (χ2v) is 10.9. The number of fused-ring (bicyclic) bond motifs is 2. The maximum Gasteiger partial charge on any atom is 0.419 e. The quantitative estimate of drug-likeness (QED) is 0.706. The number of nitrogens with zero attached hydrogens (tertiary/aromatic N) is 5. The lowest BCUT2D eigenvalue weighted by molar-refractivity contribution is -0.137. The first kappa shape index (κ1) is 23.2. The predicted molar refractivity (Wildman–Crippen MR) is 126 cm³/mol. The van der Waals surface area contributed by atoms with Gasteiger partial charge in [-0.2, -0.15) is 18.3 Å². The van der Waals surface area contributed by atoms with Crippen LogP contribution in [-0.4, -0.2) is 76.0 Å². The van der Waals surface area contributed by atoms with Crippen molar-refractivity contribution in [3.63, 3.8) is 0 Å². The Labute approximate surface area is 203 Å². The third-order valence-electron chi connectivity index (χ3n) is 8.52. The SMILES string of the molecule is CC(C)n1nc(-c2cnc(N)c(C(F)(F)F)c2)cc1C1[C@H]2CC(N3CCN4CCOCC4C3)C[C@@H]12. The number of rotatable bonds is 4. The Bertz CT molecular complexity index is 1090. The van der Waals surface area contributed by atoms with Crippen LogP contribution in [0.3, 0.4) is 0 Å². The van der Waals surface area contributed by atoms with E-state index in [-0.39, 0.29) is 6.04 Å². The number of hydrogen-bond acceptors (Lipinski definition) is 6. The predicted octanol–water partition coefficient (Wildman–Crippen LogP) is 3.64. The van der Waals surface area contributed by atoms with E-state index in [1.54, 1.807) is 0 Å². The minimum Gasteiger partial charge on any atom is -0.383 e. The summed E-state index contributed by atoms with van der Waals surface area (Å²) in [6.07, 6.45) is -0.791. The summed E-state index contributed by atoms with van der Waals surface area (Å²) in [4.78, 5) is 9.04. The number of nitrogen functional groups attached to an aromatic ring is 1. The molecule has 2 aromatic heterocycles. The van der Waals surface area contributed by atoms with Crippen molar-refractivity contribution in [2.75, 3.05) is 45.1 Å². The molecule has 10 heteroatoms. The Hall–Kier alpha value is -2.17. The number of aromatic nitrogens is 3. The van der Waals surface area contributed by atoms with E-state index in [0.717, 1.165) is 51.2 Å². The van der Waals surface area contributed by atoms with Crippen LogP contribution in [0.4, 0.5) is 19.0 Å². The summed E-state index contributed by atoms with van der Waals surface area (Å²) in [6, 6.07) is 4.31. The molecule has 2 aliphatic heterocycles. The summed E-state index contributed by atoms with van der Waals surface area (Å²) in [5.74, 6) is 1.17. The number of ether oxygens (including phenoxy) is 1. The van der Waals surface area contributed by atoms with Crippen molar-refractivity contribution in [1.82, 2.24) is 24.6 Å². The van der Waals surface area contributed by atoms with Crippen molar-refractivity contribution in [3.8, 4) is 11.3 Å². The van der Waals surface area contributed by atoms with Crippen molar-refractivity contribution in [2.45, 2.75) is 56.9 Å². The molecule has 4 aliphatic rings. The Morgan fingerprint density at radius 1 is 1.06 bits per heavy atom.